The molecular weight excluding hydrogens is 638 g/mol. The number of amides is 2. The van der Waals surface area contributed by atoms with Gasteiger partial charge >= 0.3 is 12.1 Å². The lowest BCUT2D eigenvalue weighted by atomic mass is 9.77. The first kappa shape index (κ1) is 36.1. The maximum absolute atomic E-state index is 13.8. The Balaban J connectivity index is 1.25. The van der Waals surface area contributed by atoms with Crippen LogP contribution >= 0.6 is 0 Å². The van der Waals surface area contributed by atoms with Crippen molar-refractivity contribution in [2.45, 2.75) is 64.9 Å². The van der Waals surface area contributed by atoms with Gasteiger partial charge in [0.25, 0.3) is 0 Å². The number of azo groups is 1. The summed E-state index contributed by atoms with van der Waals surface area (Å²) >= 11 is 0. The van der Waals surface area contributed by atoms with Crippen LogP contribution in [0.5, 0.6) is 11.9 Å². The highest BCUT2D eigenvalue weighted by Crippen LogP contribution is 2.32. The number of aromatic nitrogens is 2. The average molecular weight is 684 g/mol. The Morgan fingerprint density at radius 3 is 2.24 bits per heavy atom. The van der Waals surface area contributed by atoms with Crippen molar-refractivity contribution in [2.24, 2.45) is 33.0 Å². The van der Waals surface area contributed by atoms with Crippen molar-refractivity contribution in [1.82, 2.24) is 15.3 Å². The molecule has 3 aromatic rings. The number of amidine groups is 1. The van der Waals surface area contributed by atoms with E-state index in [4.69, 9.17) is 14.2 Å². The van der Waals surface area contributed by atoms with Crippen LogP contribution in [0, 0.1) is 17.8 Å². The number of hydrogen-bond acceptors (Lipinski definition) is 11. The number of hydrogen-bond donors (Lipinski definition) is 2. The summed E-state index contributed by atoms with van der Waals surface area (Å²) in [6, 6.07) is 15.2. The van der Waals surface area contributed by atoms with E-state index in [1.165, 1.54) is 14.2 Å². The largest absolute Gasteiger partial charge is 0.480 e. The number of ether oxygens (including phenoxy) is 3. The lowest BCUT2D eigenvalue weighted by molar-refractivity contribution is -0.129. The molecule has 5 rings (SSSR count). The summed E-state index contributed by atoms with van der Waals surface area (Å²) in [7, 11) is 3.03. The van der Waals surface area contributed by atoms with Crippen molar-refractivity contribution < 1.29 is 28.6 Å². The quantitative estimate of drug-likeness (QED) is 0.208. The van der Waals surface area contributed by atoms with E-state index in [0.29, 0.717) is 42.6 Å². The lowest BCUT2D eigenvalue weighted by Gasteiger charge is -2.29. The Morgan fingerprint density at radius 2 is 1.62 bits per heavy atom. The van der Waals surface area contributed by atoms with Crippen LogP contribution in [0.3, 0.4) is 0 Å². The molecule has 50 heavy (non-hydrogen) atoms. The number of nitrogens with zero attached hydrogens (tertiary/aromatic N) is 5. The van der Waals surface area contributed by atoms with Crippen LogP contribution in [0.2, 0.25) is 0 Å². The normalized spacial score (nSPS) is 17.7. The second kappa shape index (κ2) is 16.5. The first-order valence-corrected chi connectivity index (χ1v) is 16.9. The zero-order chi connectivity index (χ0) is 35.7. The summed E-state index contributed by atoms with van der Waals surface area (Å²) in [4.78, 5) is 52.3. The van der Waals surface area contributed by atoms with Crippen LogP contribution in [-0.2, 0) is 20.7 Å². The molecule has 0 bridgehead atoms. The average Bonchev–Trinajstić information content (AvgIpc) is 3.66. The Labute approximate surface area is 292 Å². The highest BCUT2D eigenvalue weighted by Gasteiger charge is 2.31. The predicted octanol–water partition coefficient (Wildman–Crippen LogP) is 6.42. The van der Waals surface area contributed by atoms with Crippen molar-refractivity contribution in [3.63, 3.8) is 0 Å². The van der Waals surface area contributed by atoms with E-state index in [0.717, 1.165) is 42.4 Å². The molecule has 13 heteroatoms. The molecule has 1 atom stereocenters. The van der Waals surface area contributed by atoms with Gasteiger partial charge in [0, 0.05) is 42.2 Å². The second-order valence-corrected chi connectivity index (χ2v) is 13.6. The predicted molar refractivity (Wildman–Crippen MR) is 188 cm³/mol. The van der Waals surface area contributed by atoms with Crippen molar-refractivity contribution in [3.05, 3.63) is 65.9 Å². The number of alkyl carbamates (subject to hydrolysis) is 1. The third kappa shape index (κ3) is 9.93. The van der Waals surface area contributed by atoms with Crippen LogP contribution < -0.4 is 20.1 Å². The van der Waals surface area contributed by atoms with E-state index in [9.17, 15) is 14.4 Å². The van der Waals surface area contributed by atoms with E-state index >= 15 is 0 Å². The highest BCUT2D eigenvalue weighted by atomic mass is 16.6. The minimum atomic E-state index is -0.591. The number of carbonyl (C=O) groups excluding carboxylic acids is 3. The van der Waals surface area contributed by atoms with Gasteiger partial charge in [0.15, 0.2) is 12.5 Å². The van der Waals surface area contributed by atoms with E-state index in [1.54, 1.807) is 18.3 Å². The monoisotopic (exact) mass is 683 g/mol. The second-order valence-electron chi connectivity index (χ2n) is 13.6. The smallest absolute Gasteiger partial charge is 0.407 e. The van der Waals surface area contributed by atoms with Gasteiger partial charge in [-0.25, -0.2) is 14.8 Å². The fourth-order valence-electron chi connectivity index (χ4n) is 6.13. The fourth-order valence-corrected chi connectivity index (χ4v) is 6.13. The van der Waals surface area contributed by atoms with Crippen LogP contribution in [0.25, 0.3) is 11.1 Å². The molecule has 0 unspecified atom stereocenters. The Hall–Kier alpha value is -5.20. The molecule has 1 fully saturated rings. The summed E-state index contributed by atoms with van der Waals surface area (Å²) in [5.74, 6) is 0.355. The summed E-state index contributed by atoms with van der Waals surface area (Å²) in [6.07, 6.45) is 4.79. The molecular formula is C37H45N7O6. The number of Topliss-reactive ketones (excluding diaryl/α,β-unsaturated/α-hetero) is 1. The molecule has 0 radical (unpaired) electrons. The summed E-state index contributed by atoms with van der Waals surface area (Å²) in [5.41, 5.74) is 3.33. The number of benzene rings is 2. The molecule has 13 nitrogen and oxygen atoms in total. The third-order valence-corrected chi connectivity index (χ3v) is 8.77. The minimum absolute atomic E-state index is 0.0837. The third-order valence-electron chi connectivity index (χ3n) is 8.77. The molecule has 0 spiro atoms. The molecule has 1 saturated carbocycles. The molecule has 2 aliphatic rings. The van der Waals surface area contributed by atoms with E-state index < -0.39 is 17.6 Å². The van der Waals surface area contributed by atoms with Gasteiger partial charge in [0.2, 0.25) is 11.8 Å². The van der Waals surface area contributed by atoms with Crippen LogP contribution in [0.1, 0.15) is 64.0 Å². The molecule has 264 valence electrons. The first-order chi connectivity index (χ1) is 24.0. The summed E-state index contributed by atoms with van der Waals surface area (Å²) in [5, 5.41) is 13.8. The van der Waals surface area contributed by atoms with E-state index in [1.807, 2.05) is 57.2 Å². The molecule has 2 N–H and O–H groups in total. The van der Waals surface area contributed by atoms with E-state index in [2.05, 4.69) is 35.8 Å². The number of anilines is 1. The zero-order valence-corrected chi connectivity index (χ0v) is 29.3. The Morgan fingerprint density at radius 1 is 0.920 bits per heavy atom. The molecule has 2 amide bonds. The van der Waals surface area contributed by atoms with Gasteiger partial charge in [-0.15, -0.1) is 5.11 Å². The molecule has 0 saturated heterocycles. The van der Waals surface area contributed by atoms with Crippen molar-refractivity contribution >= 4 is 29.3 Å². The standard InChI is InChI=1S/C37H45N7O6/c1-37(2,3)50-36(47)39-20-24-8-12-26(13-9-24)31(45)19-28(33(46)42-29-16-14-27(15-17-29)32-40-22-41-44-32)18-23-6-10-25(11-7-23)30-21-38-35(49-5)43-34(30)48-4/h6-7,10-11,14-17,21,24,26,28H,8-9,12-13,18-20,22H2,1-5H3,(H,39,47)(H,42,46)/t24?,26?,28-/m1/s1. The number of nitrogens with one attached hydrogen (secondary N) is 2. The summed E-state index contributed by atoms with van der Waals surface area (Å²) < 4.78 is 15.9. The number of ketones is 1. The van der Waals surface area contributed by atoms with Crippen LogP contribution in [0.15, 0.2) is 69.9 Å². The minimum Gasteiger partial charge on any atom is -0.480 e. The maximum Gasteiger partial charge on any atom is 0.407 e. The number of rotatable bonds is 13. The van der Waals surface area contributed by atoms with Gasteiger partial charge in [-0.2, -0.15) is 10.1 Å². The van der Waals surface area contributed by atoms with E-state index in [-0.39, 0.29) is 36.0 Å². The molecule has 2 aromatic carbocycles. The van der Waals surface area contributed by atoms with Gasteiger partial charge in [-0.3, -0.25) is 9.59 Å². The van der Waals surface area contributed by atoms with Crippen molar-refractivity contribution in [3.8, 4) is 23.0 Å². The van der Waals surface area contributed by atoms with Gasteiger partial charge < -0.3 is 24.8 Å². The van der Waals surface area contributed by atoms with Crippen molar-refractivity contribution in [2.75, 3.05) is 32.7 Å². The molecule has 1 aliphatic heterocycles. The van der Waals surface area contributed by atoms with Gasteiger partial charge in [0.05, 0.1) is 19.8 Å². The number of carbonyl (C=O) groups is 3. The Kier molecular flexibility index (Phi) is 11.9. The first-order valence-electron chi connectivity index (χ1n) is 16.9. The van der Waals surface area contributed by atoms with Gasteiger partial charge in [-0.05, 0) is 94.2 Å². The molecule has 2 heterocycles. The zero-order valence-electron chi connectivity index (χ0n) is 29.3. The van der Waals surface area contributed by atoms with Gasteiger partial charge in [-0.1, -0.05) is 24.3 Å². The van der Waals surface area contributed by atoms with Gasteiger partial charge in [0.1, 0.15) is 11.4 Å². The number of aliphatic imine (C=N–C) groups is 1. The topological polar surface area (TPSA) is 166 Å². The number of methoxy groups -OCH3 is 2. The van der Waals surface area contributed by atoms with Crippen LogP contribution in [0.4, 0.5) is 10.5 Å². The Bertz CT molecular complexity index is 1710. The molecule has 1 aliphatic carbocycles. The van der Waals surface area contributed by atoms with Crippen molar-refractivity contribution in [1.29, 1.82) is 0 Å². The maximum atomic E-state index is 13.8. The summed E-state index contributed by atoms with van der Waals surface area (Å²) in [6.45, 7) is 6.32. The fraction of sp³-hybridized carbons (Fsp3) is 0.459. The highest BCUT2D eigenvalue weighted by molar-refractivity contribution is 6.01. The lowest BCUT2D eigenvalue weighted by Crippen LogP contribution is -2.37. The van der Waals surface area contributed by atoms with Crippen LogP contribution in [-0.4, -0.2) is 66.6 Å². The molecule has 1 aromatic heterocycles. The SMILES string of the molecule is COc1ncc(-c2ccc(C[C@H](CC(=O)C3CCC(CNC(=O)OC(C)(C)C)CC3)C(=O)Nc3ccc(C4=NCN=N4)cc3)cc2)c(OC)n1.